The van der Waals surface area contributed by atoms with Crippen LogP contribution in [0.5, 0.6) is 0 Å². The highest BCUT2D eigenvalue weighted by molar-refractivity contribution is 7.79. The number of benzene rings is 2. The Morgan fingerprint density at radius 2 is 1.54 bits per heavy atom. The molecule has 0 heterocycles. The summed E-state index contributed by atoms with van der Waals surface area (Å²) in [6, 6.07) is 20.9. The van der Waals surface area contributed by atoms with Gasteiger partial charge in [-0.25, -0.2) is 4.21 Å². The van der Waals surface area contributed by atoms with Gasteiger partial charge < -0.3 is 8.98 Å². The van der Waals surface area contributed by atoms with E-state index in [0.29, 0.717) is 19.4 Å². The summed E-state index contributed by atoms with van der Waals surface area (Å²) in [7, 11) is -2.58. The second-order valence-corrected chi connectivity index (χ2v) is 13.6. The Bertz CT molecular complexity index is 717. The van der Waals surface area contributed by atoms with Crippen LogP contribution in [0.4, 0.5) is 0 Å². The molecule has 0 aliphatic carbocycles. The number of hydrogen-bond donors (Lipinski definition) is 1. The summed E-state index contributed by atoms with van der Waals surface area (Å²) < 4.78 is 28.2. The van der Waals surface area contributed by atoms with Crippen molar-refractivity contribution >= 4 is 29.8 Å². The highest BCUT2D eigenvalue weighted by Gasteiger charge is 2.50. The van der Waals surface area contributed by atoms with E-state index >= 15 is 0 Å². The van der Waals surface area contributed by atoms with Crippen molar-refractivity contribution in [2.24, 2.45) is 0 Å². The molecule has 0 amide bonds. The van der Waals surface area contributed by atoms with Gasteiger partial charge in [-0.3, -0.25) is 0 Å². The van der Waals surface area contributed by atoms with Crippen LogP contribution in [0.15, 0.2) is 73.3 Å². The van der Waals surface area contributed by atoms with Gasteiger partial charge in [0.15, 0.2) is 11.1 Å². The molecular formula is C23H32O3SSi. The molecule has 5 heteroatoms. The molecule has 0 bridgehead atoms. The van der Waals surface area contributed by atoms with E-state index < -0.39 is 19.4 Å². The Hall–Kier alpha value is -1.53. The highest BCUT2D eigenvalue weighted by atomic mass is 32.2. The van der Waals surface area contributed by atoms with Gasteiger partial charge in [-0.2, -0.15) is 0 Å². The lowest BCUT2D eigenvalue weighted by Gasteiger charge is -2.43. The molecule has 0 aromatic heterocycles. The van der Waals surface area contributed by atoms with Crippen molar-refractivity contribution in [1.82, 2.24) is 0 Å². The van der Waals surface area contributed by atoms with Crippen molar-refractivity contribution in [3.8, 4) is 0 Å². The maximum Gasteiger partial charge on any atom is 0.261 e. The third-order valence-corrected chi connectivity index (χ3v) is 11.2. The zero-order chi connectivity index (χ0) is 20.6. The molecule has 0 radical (unpaired) electrons. The van der Waals surface area contributed by atoms with Gasteiger partial charge in [-0.1, -0.05) is 87.5 Å². The fraction of sp³-hybridized carbons (Fsp3) is 0.391. The molecule has 0 spiro atoms. The second-order valence-electron chi connectivity index (χ2n) is 8.06. The minimum atomic E-state index is -2.58. The molecule has 0 aliphatic heterocycles. The van der Waals surface area contributed by atoms with Crippen LogP contribution in [0.25, 0.3) is 0 Å². The molecule has 28 heavy (non-hydrogen) atoms. The van der Waals surface area contributed by atoms with Gasteiger partial charge in [0.25, 0.3) is 8.32 Å². The average molecular weight is 417 g/mol. The van der Waals surface area contributed by atoms with E-state index in [9.17, 15) is 8.76 Å². The highest BCUT2D eigenvalue weighted by Crippen LogP contribution is 2.36. The van der Waals surface area contributed by atoms with Crippen molar-refractivity contribution < 1.29 is 13.2 Å². The van der Waals surface area contributed by atoms with Gasteiger partial charge in [-0.15, -0.1) is 6.58 Å². The molecule has 3 nitrogen and oxygen atoms in total. The normalized spacial score (nSPS) is 14.4. The summed E-state index contributed by atoms with van der Waals surface area (Å²) in [6.45, 7) is 10.9. The van der Waals surface area contributed by atoms with E-state index in [2.05, 4.69) is 75.9 Å². The van der Waals surface area contributed by atoms with Gasteiger partial charge in [0.2, 0.25) is 0 Å². The molecule has 1 N–H and O–H groups in total. The van der Waals surface area contributed by atoms with E-state index in [1.54, 1.807) is 6.08 Å². The van der Waals surface area contributed by atoms with Crippen LogP contribution >= 0.6 is 0 Å². The molecule has 2 aromatic carbocycles. The van der Waals surface area contributed by atoms with Crippen LogP contribution in [0.2, 0.25) is 5.04 Å². The molecule has 0 aliphatic rings. The summed E-state index contributed by atoms with van der Waals surface area (Å²) in [5, 5.41) is 2.06. The van der Waals surface area contributed by atoms with Crippen LogP contribution in [-0.2, 0) is 15.5 Å². The van der Waals surface area contributed by atoms with E-state index in [1.165, 1.54) is 10.4 Å². The number of rotatable bonds is 10. The summed E-state index contributed by atoms with van der Waals surface area (Å²) in [5.41, 5.74) is 0. The van der Waals surface area contributed by atoms with Crippen molar-refractivity contribution in [3.05, 3.63) is 73.3 Å². The summed E-state index contributed by atoms with van der Waals surface area (Å²) in [4.78, 5) is 0. The molecule has 2 unspecified atom stereocenters. The summed E-state index contributed by atoms with van der Waals surface area (Å²) in [6.07, 6.45) is 3.73. The SMILES string of the molecule is C=CCCC(CCO[Si](c1ccccc1)(c1ccccc1)C(C)(C)C)S(=O)O. The van der Waals surface area contributed by atoms with Crippen LogP contribution in [0.3, 0.4) is 0 Å². The van der Waals surface area contributed by atoms with Crippen molar-refractivity contribution in [1.29, 1.82) is 0 Å². The van der Waals surface area contributed by atoms with Crippen molar-refractivity contribution in [3.63, 3.8) is 0 Å². The largest absolute Gasteiger partial charge is 0.407 e. The first kappa shape index (κ1) is 22.8. The zero-order valence-electron chi connectivity index (χ0n) is 17.1. The quantitative estimate of drug-likeness (QED) is 0.352. The average Bonchev–Trinajstić information content (AvgIpc) is 2.67. The minimum absolute atomic E-state index is 0.0926. The molecule has 0 fully saturated rings. The van der Waals surface area contributed by atoms with E-state index in [1.807, 2.05) is 12.1 Å². The maximum atomic E-state index is 11.7. The molecular weight excluding hydrogens is 384 g/mol. The molecule has 2 rings (SSSR count). The lowest BCUT2D eigenvalue weighted by molar-refractivity contribution is 0.287. The van der Waals surface area contributed by atoms with Gasteiger partial charge in [0, 0.05) is 6.61 Å². The van der Waals surface area contributed by atoms with Gasteiger partial charge in [-0.05, 0) is 34.7 Å². The first-order valence-electron chi connectivity index (χ1n) is 9.78. The predicted molar refractivity (Wildman–Crippen MR) is 122 cm³/mol. The van der Waals surface area contributed by atoms with Gasteiger partial charge in [0.05, 0.1) is 5.25 Å². The Kier molecular flexibility index (Phi) is 8.37. The van der Waals surface area contributed by atoms with Crippen LogP contribution < -0.4 is 10.4 Å². The number of allylic oxidation sites excluding steroid dienone is 1. The fourth-order valence-electron chi connectivity index (χ4n) is 3.75. The lowest BCUT2D eigenvalue weighted by Crippen LogP contribution is -2.66. The van der Waals surface area contributed by atoms with E-state index in [0.717, 1.165) is 6.42 Å². The van der Waals surface area contributed by atoms with Crippen molar-refractivity contribution in [2.45, 2.75) is 50.3 Å². The summed E-state index contributed by atoms with van der Waals surface area (Å²) >= 11 is -1.86. The first-order valence-corrected chi connectivity index (χ1v) is 12.9. The second kappa shape index (κ2) is 10.3. The Labute approximate surface area is 173 Å². The molecule has 2 atom stereocenters. The first-order chi connectivity index (χ1) is 13.3. The Morgan fingerprint density at radius 1 is 1.04 bits per heavy atom. The molecule has 0 saturated carbocycles. The smallest absolute Gasteiger partial charge is 0.261 e. The summed E-state index contributed by atoms with van der Waals surface area (Å²) in [5.74, 6) is 0. The van der Waals surface area contributed by atoms with Gasteiger partial charge in [0.1, 0.15) is 0 Å². The molecule has 2 aromatic rings. The third-order valence-electron chi connectivity index (χ3n) is 5.15. The molecule has 0 saturated heterocycles. The Balaban J connectivity index is 2.39. The van der Waals surface area contributed by atoms with Crippen molar-refractivity contribution in [2.75, 3.05) is 6.61 Å². The number of hydrogen-bond acceptors (Lipinski definition) is 2. The maximum absolute atomic E-state index is 11.7. The predicted octanol–water partition coefficient (Wildman–Crippen LogP) is 4.51. The monoisotopic (exact) mass is 416 g/mol. The standard InChI is InChI=1S/C23H32O3SSi/c1-5-6-13-20(27(24)25)18-19-26-28(23(2,3)4,21-14-9-7-10-15-21)22-16-11-8-12-17-22/h5,7-12,14-17,20H,1,6,13,18-19H2,2-4H3,(H,24,25). The van der Waals surface area contributed by atoms with E-state index in [4.69, 9.17) is 4.43 Å². The van der Waals surface area contributed by atoms with Gasteiger partial charge >= 0.3 is 0 Å². The van der Waals surface area contributed by atoms with Crippen LogP contribution in [-0.4, -0.2) is 28.9 Å². The zero-order valence-corrected chi connectivity index (χ0v) is 19.0. The van der Waals surface area contributed by atoms with Crippen LogP contribution in [0.1, 0.15) is 40.0 Å². The Morgan fingerprint density at radius 3 is 1.93 bits per heavy atom. The lowest BCUT2D eigenvalue weighted by atomic mass is 10.2. The fourth-order valence-corrected chi connectivity index (χ4v) is 8.97. The minimum Gasteiger partial charge on any atom is -0.407 e. The molecule has 152 valence electrons. The van der Waals surface area contributed by atoms with E-state index in [-0.39, 0.29) is 10.3 Å². The van der Waals surface area contributed by atoms with Crippen LogP contribution in [0, 0.1) is 0 Å². The topological polar surface area (TPSA) is 46.5 Å². The third kappa shape index (κ3) is 5.29.